The molecule has 0 amide bonds. The zero-order valence-electron chi connectivity index (χ0n) is 17.4. The van der Waals surface area contributed by atoms with Crippen LogP contribution in [0, 0.1) is 13.8 Å². The molecule has 0 fully saturated rings. The minimum Gasteiger partial charge on any atom is -0.493 e. The van der Waals surface area contributed by atoms with Crippen molar-refractivity contribution in [2.45, 2.75) is 33.1 Å². The van der Waals surface area contributed by atoms with Gasteiger partial charge in [-0.05, 0) is 37.1 Å². The highest BCUT2D eigenvalue weighted by molar-refractivity contribution is 5.43. The molecule has 1 atom stereocenters. The van der Waals surface area contributed by atoms with Crippen molar-refractivity contribution in [1.29, 1.82) is 0 Å². The standard InChI is InChI=1S/C23H28N2O4/c1-16-20(17(2)29-25-16)15-28-21-11-10-18(12-22(21)26-3)13-24-14-23(27-4)19-8-6-5-7-9-19/h5-12,23-24H,13-15H2,1-4H3. The molecule has 1 heterocycles. The van der Waals surface area contributed by atoms with E-state index in [9.17, 15) is 0 Å². The van der Waals surface area contributed by atoms with Gasteiger partial charge in [0, 0.05) is 20.2 Å². The van der Waals surface area contributed by atoms with E-state index in [1.807, 2.05) is 50.2 Å². The van der Waals surface area contributed by atoms with E-state index in [-0.39, 0.29) is 6.10 Å². The third-order valence-electron chi connectivity index (χ3n) is 4.90. The Balaban J connectivity index is 1.58. The second kappa shape index (κ2) is 10.1. The molecular formula is C23H28N2O4. The van der Waals surface area contributed by atoms with Gasteiger partial charge in [-0.3, -0.25) is 0 Å². The summed E-state index contributed by atoms with van der Waals surface area (Å²) < 4.78 is 22.2. The molecule has 6 heteroatoms. The summed E-state index contributed by atoms with van der Waals surface area (Å²) in [6.45, 7) is 5.60. The number of benzene rings is 2. The summed E-state index contributed by atoms with van der Waals surface area (Å²) in [5.74, 6) is 2.16. The van der Waals surface area contributed by atoms with E-state index in [2.05, 4.69) is 22.6 Å². The Hall–Kier alpha value is -2.83. The van der Waals surface area contributed by atoms with E-state index in [0.29, 0.717) is 31.2 Å². The predicted molar refractivity (Wildman–Crippen MR) is 111 cm³/mol. The highest BCUT2D eigenvalue weighted by atomic mass is 16.5. The van der Waals surface area contributed by atoms with Crippen molar-refractivity contribution in [2.75, 3.05) is 20.8 Å². The van der Waals surface area contributed by atoms with Gasteiger partial charge in [0.1, 0.15) is 12.4 Å². The molecule has 29 heavy (non-hydrogen) atoms. The first kappa shape index (κ1) is 20.9. The van der Waals surface area contributed by atoms with E-state index in [1.165, 1.54) is 0 Å². The number of ether oxygens (including phenoxy) is 3. The summed E-state index contributed by atoms with van der Waals surface area (Å²) in [4.78, 5) is 0. The normalized spacial score (nSPS) is 12.0. The number of hydrogen-bond donors (Lipinski definition) is 1. The Morgan fingerprint density at radius 2 is 1.83 bits per heavy atom. The summed E-state index contributed by atoms with van der Waals surface area (Å²) >= 11 is 0. The van der Waals surface area contributed by atoms with E-state index >= 15 is 0 Å². The molecule has 0 aliphatic rings. The molecule has 3 rings (SSSR count). The molecule has 1 unspecified atom stereocenters. The number of aromatic nitrogens is 1. The Kier molecular flexibility index (Phi) is 7.27. The highest BCUT2D eigenvalue weighted by Crippen LogP contribution is 2.29. The van der Waals surface area contributed by atoms with Crippen LogP contribution in [0.15, 0.2) is 53.1 Å². The third-order valence-corrected chi connectivity index (χ3v) is 4.90. The van der Waals surface area contributed by atoms with E-state index in [4.69, 9.17) is 18.7 Å². The topological polar surface area (TPSA) is 65.8 Å². The summed E-state index contributed by atoms with van der Waals surface area (Å²) in [6.07, 6.45) is 0.00995. The average molecular weight is 396 g/mol. The minimum atomic E-state index is 0.00995. The fraction of sp³-hybridized carbons (Fsp3) is 0.348. The maximum absolute atomic E-state index is 5.94. The lowest BCUT2D eigenvalue weighted by molar-refractivity contribution is 0.102. The molecule has 0 spiro atoms. The molecule has 0 saturated heterocycles. The Labute approximate surface area is 171 Å². The molecule has 0 radical (unpaired) electrons. The molecule has 154 valence electrons. The summed E-state index contributed by atoms with van der Waals surface area (Å²) in [7, 11) is 3.37. The van der Waals surface area contributed by atoms with Crippen LogP contribution in [0.1, 0.15) is 34.2 Å². The molecular weight excluding hydrogens is 368 g/mol. The number of methoxy groups -OCH3 is 2. The van der Waals surface area contributed by atoms with Crippen molar-refractivity contribution >= 4 is 0 Å². The maximum Gasteiger partial charge on any atom is 0.161 e. The summed E-state index contributed by atoms with van der Waals surface area (Å²) in [5, 5.41) is 7.41. The lowest BCUT2D eigenvalue weighted by atomic mass is 10.1. The summed E-state index contributed by atoms with van der Waals surface area (Å²) in [5.41, 5.74) is 4.07. The quantitative estimate of drug-likeness (QED) is 0.549. The second-order valence-electron chi connectivity index (χ2n) is 6.84. The van der Waals surface area contributed by atoms with Crippen molar-refractivity contribution in [1.82, 2.24) is 10.5 Å². The van der Waals surface area contributed by atoms with Gasteiger partial charge in [0.15, 0.2) is 11.5 Å². The fourth-order valence-corrected chi connectivity index (χ4v) is 3.15. The molecule has 0 aliphatic heterocycles. The van der Waals surface area contributed by atoms with Gasteiger partial charge in [0.05, 0.1) is 24.5 Å². The van der Waals surface area contributed by atoms with Gasteiger partial charge in [-0.2, -0.15) is 0 Å². The van der Waals surface area contributed by atoms with Gasteiger partial charge in [-0.25, -0.2) is 0 Å². The predicted octanol–water partition coefficient (Wildman–Crippen LogP) is 4.36. The van der Waals surface area contributed by atoms with Crippen LogP contribution in [0.3, 0.4) is 0 Å². The Bertz CT molecular complexity index is 889. The van der Waals surface area contributed by atoms with Gasteiger partial charge < -0.3 is 24.1 Å². The van der Waals surface area contributed by atoms with Crippen LogP contribution < -0.4 is 14.8 Å². The van der Waals surface area contributed by atoms with Gasteiger partial charge >= 0.3 is 0 Å². The maximum atomic E-state index is 5.94. The second-order valence-corrected chi connectivity index (χ2v) is 6.84. The lowest BCUT2D eigenvalue weighted by Crippen LogP contribution is -2.22. The smallest absolute Gasteiger partial charge is 0.161 e. The van der Waals surface area contributed by atoms with Crippen LogP contribution in [-0.4, -0.2) is 25.9 Å². The van der Waals surface area contributed by atoms with Crippen LogP contribution in [0.2, 0.25) is 0 Å². The van der Waals surface area contributed by atoms with Crippen molar-refractivity contribution in [2.24, 2.45) is 0 Å². The molecule has 0 saturated carbocycles. The number of hydrogen-bond acceptors (Lipinski definition) is 6. The Morgan fingerprint density at radius 3 is 2.48 bits per heavy atom. The van der Waals surface area contributed by atoms with Crippen LogP contribution in [-0.2, 0) is 17.9 Å². The number of nitrogens with zero attached hydrogens (tertiary/aromatic N) is 1. The monoisotopic (exact) mass is 396 g/mol. The first-order valence-electron chi connectivity index (χ1n) is 9.62. The minimum absolute atomic E-state index is 0.00995. The van der Waals surface area contributed by atoms with E-state index in [1.54, 1.807) is 14.2 Å². The SMILES string of the molecule is COc1cc(CNCC(OC)c2ccccc2)ccc1OCc1c(C)noc1C. The number of nitrogens with one attached hydrogen (secondary N) is 1. The van der Waals surface area contributed by atoms with Crippen molar-refractivity contribution in [3.8, 4) is 11.5 Å². The Morgan fingerprint density at radius 1 is 1.03 bits per heavy atom. The van der Waals surface area contributed by atoms with Crippen LogP contribution in [0.5, 0.6) is 11.5 Å². The molecule has 2 aromatic carbocycles. The van der Waals surface area contributed by atoms with E-state index < -0.39 is 0 Å². The molecule has 0 bridgehead atoms. The van der Waals surface area contributed by atoms with Crippen molar-refractivity contribution in [3.05, 3.63) is 76.7 Å². The molecule has 1 N–H and O–H groups in total. The van der Waals surface area contributed by atoms with E-state index in [0.717, 1.165) is 28.1 Å². The molecule has 0 aliphatic carbocycles. The first-order valence-corrected chi connectivity index (χ1v) is 9.62. The number of rotatable bonds is 10. The van der Waals surface area contributed by atoms with Crippen LogP contribution >= 0.6 is 0 Å². The van der Waals surface area contributed by atoms with Crippen molar-refractivity contribution in [3.63, 3.8) is 0 Å². The average Bonchev–Trinajstić information content (AvgIpc) is 3.08. The highest BCUT2D eigenvalue weighted by Gasteiger charge is 2.13. The largest absolute Gasteiger partial charge is 0.493 e. The molecule has 6 nitrogen and oxygen atoms in total. The third kappa shape index (κ3) is 5.37. The van der Waals surface area contributed by atoms with Crippen LogP contribution in [0.4, 0.5) is 0 Å². The zero-order chi connectivity index (χ0) is 20.6. The molecule has 1 aromatic heterocycles. The first-order chi connectivity index (χ1) is 14.1. The van der Waals surface area contributed by atoms with Gasteiger partial charge in [0.25, 0.3) is 0 Å². The van der Waals surface area contributed by atoms with Gasteiger partial charge in [-0.1, -0.05) is 41.6 Å². The van der Waals surface area contributed by atoms with Gasteiger partial charge in [0.2, 0.25) is 0 Å². The van der Waals surface area contributed by atoms with Crippen molar-refractivity contribution < 1.29 is 18.7 Å². The van der Waals surface area contributed by atoms with Gasteiger partial charge in [-0.15, -0.1) is 0 Å². The lowest BCUT2D eigenvalue weighted by Gasteiger charge is -2.17. The summed E-state index contributed by atoms with van der Waals surface area (Å²) in [6, 6.07) is 16.1. The molecule has 3 aromatic rings. The zero-order valence-corrected chi connectivity index (χ0v) is 17.4. The fourth-order valence-electron chi connectivity index (χ4n) is 3.15. The number of aryl methyl sites for hydroxylation is 2. The van der Waals surface area contributed by atoms with Crippen LogP contribution in [0.25, 0.3) is 0 Å².